The van der Waals surface area contributed by atoms with E-state index in [1.54, 1.807) is 36.2 Å². The third-order valence-electron chi connectivity index (χ3n) is 7.14. The molecule has 0 bridgehead atoms. The first-order valence-corrected chi connectivity index (χ1v) is 14.0. The minimum absolute atomic E-state index is 0.0110. The van der Waals surface area contributed by atoms with Crippen LogP contribution < -0.4 is 4.74 Å². The van der Waals surface area contributed by atoms with Gasteiger partial charge < -0.3 is 4.74 Å². The molecule has 5 rings (SSSR count). The zero-order chi connectivity index (χ0) is 26.5. The van der Waals surface area contributed by atoms with E-state index in [0.717, 1.165) is 16.9 Å². The second kappa shape index (κ2) is 11.8. The van der Waals surface area contributed by atoms with Gasteiger partial charge in [-0.3, -0.25) is 14.5 Å². The quantitative estimate of drug-likeness (QED) is 0.234. The van der Waals surface area contributed by atoms with Crippen molar-refractivity contribution in [3.05, 3.63) is 100.0 Å². The van der Waals surface area contributed by atoms with Crippen LogP contribution in [0.5, 0.6) is 5.75 Å². The molecule has 38 heavy (non-hydrogen) atoms. The number of amidine groups is 1. The summed E-state index contributed by atoms with van der Waals surface area (Å²) in [6.45, 7) is 2.06. The molecule has 0 N–H and O–H groups in total. The first kappa shape index (κ1) is 26.0. The lowest BCUT2D eigenvalue weighted by molar-refractivity contribution is -0.121. The van der Waals surface area contributed by atoms with Crippen LogP contribution in [0.2, 0.25) is 0 Å². The van der Waals surface area contributed by atoms with Crippen LogP contribution in [0.3, 0.4) is 0 Å². The van der Waals surface area contributed by atoms with Gasteiger partial charge in [-0.1, -0.05) is 55.7 Å². The van der Waals surface area contributed by atoms with Crippen molar-refractivity contribution in [2.75, 3.05) is 7.05 Å². The lowest BCUT2D eigenvalue weighted by Crippen LogP contribution is -2.23. The fourth-order valence-electron chi connectivity index (χ4n) is 4.83. The van der Waals surface area contributed by atoms with Crippen molar-refractivity contribution in [3.63, 3.8) is 0 Å². The van der Waals surface area contributed by atoms with Crippen LogP contribution in [-0.2, 0) is 11.4 Å². The minimum Gasteiger partial charge on any atom is -0.489 e. The third-order valence-corrected chi connectivity index (χ3v) is 8.20. The maximum Gasteiger partial charge on any atom is 0.266 e. The molecule has 0 atom stereocenters. The van der Waals surface area contributed by atoms with Crippen molar-refractivity contribution in [2.45, 2.75) is 51.6 Å². The van der Waals surface area contributed by atoms with Gasteiger partial charge in [0.1, 0.15) is 12.4 Å². The van der Waals surface area contributed by atoms with Crippen molar-refractivity contribution < 1.29 is 14.3 Å². The Labute approximate surface area is 228 Å². The molecule has 194 valence electrons. The predicted octanol–water partition coefficient (Wildman–Crippen LogP) is 7.75. The summed E-state index contributed by atoms with van der Waals surface area (Å²) >= 11 is 1.34. The molecule has 2 fully saturated rings. The maximum absolute atomic E-state index is 12.8. The monoisotopic (exact) mass is 524 g/mol. The van der Waals surface area contributed by atoms with Gasteiger partial charge in [0.05, 0.1) is 10.6 Å². The molecule has 1 heterocycles. The molecule has 3 aromatic carbocycles. The summed E-state index contributed by atoms with van der Waals surface area (Å²) in [7, 11) is 1.72. The number of ketones is 1. The van der Waals surface area contributed by atoms with Gasteiger partial charge >= 0.3 is 0 Å². The van der Waals surface area contributed by atoms with Crippen molar-refractivity contribution in [2.24, 2.45) is 4.99 Å². The second-order valence-electron chi connectivity index (χ2n) is 9.91. The first-order valence-electron chi connectivity index (χ1n) is 13.2. The van der Waals surface area contributed by atoms with Crippen LogP contribution in [-0.4, -0.2) is 28.8 Å². The number of hydrogen-bond donors (Lipinski definition) is 0. The van der Waals surface area contributed by atoms with E-state index in [0.29, 0.717) is 33.8 Å². The zero-order valence-corrected chi connectivity index (χ0v) is 22.7. The number of thioether (sulfide) groups is 1. The molecule has 0 aromatic heterocycles. The Kier molecular flexibility index (Phi) is 8.08. The van der Waals surface area contributed by atoms with Gasteiger partial charge in [0.25, 0.3) is 5.91 Å². The molecule has 1 saturated carbocycles. The Morgan fingerprint density at radius 2 is 1.66 bits per heavy atom. The molecule has 3 aromatic rings. The Morgan fingerprint density at radius 3 is 2.32 bits per heavy atom. The number of benzene rings is 3. The molecule has 0 spiro atoms. The number of ether oxygens (including phenoxy) is 1. The lowest BCUT2D eigenvalue weighted by atomic mass is 9.84. The van der Waals surface area contributed by atoms with Crippen LogP contribution in [0.4, 0.5) is 5.69 Å². The van der Waals surface area contributed by atoms with Crippen molar-refractivity contribution >= 4 is 40.4 Å². The normalized spacial score (nSPS) is 18.4. The van der Waals surface area contributed by atoms with Crippen LogP contribution >= 0.6 is 11.8 Å². The largest absolute Gasteiger partial charge is 0.489 e. The Morgan fingerprint density at radius 1 is 0.974 bits per heavy atom. The average Bonchev–Trinajstić information content (AvgIpc) is 3.21. The van der Waals surface area contributed by atoms with Crippen LogP contribution in [0, 0.1) is 0 Å². The van der Waals surface area contributed by atoms with Gasteiger partial charge in [-0.2, -0.15) is 0 Å². The minimum atomic E-state index is -0.0916. The smallest absolute Gasteiger partial charge is 0.266 e. The molecule has 0 unspecified atom stereocenters. The van der Waals surface area contributed by atoms with Crippen LogP contribution in [0.1, 0.15) is 72.0 Å². The first-order chi connectivity index (χ1) is 18.5. The fraction of sp³-hybridized carbons (Fsp3) is 0.281. The summed E-state index contributed by atoms with van der Waals surface area (Å²) in [4.78, 5) is 31.0. The number of likely N-dealkylation sites (N-methyl/N-ethyl adjacent to an activating group) is 1. The van der Waals surface area contributed by atoms with Gasteiger partial charge in [-0.15, -0.1) is 0 Å². The van der Waals surface area contributed by atoms with Gasteiger partial charge in [0, 0.05) is 12.6 Å². The van der Waals surface area contributed by atoms with E-state index in [1.165, 1.54) is 56.4 Å². The van der Waals surface area contributed by atoms with E-state index in [4.69, 9.17) is 4.74 Å². The topological polar surface area (TPSA) is 59.0 Å². The molecule has 1 aliphatic carbocycles. The fourth-order valence-corrected chi connectivity index (χ4v) is 5.82. The molecule has 6 heteroatoms. The predicted molar refractivity (Wildman–Crippen MR) is 155 cm³/mol. The molecular weight excluding hydrogens is 492 g/mol. The number of carbonyl (C=O) groups is 2. The molecule has 5 nitrogen and oxygen atoms in total. The second-order valence-corrected chi connectivity index (χ2v) is 10.9. The Balaban J connectivity index is 1.19. The van der Waals surface area contributed by atoms with Gasteiger partial charge in [0.2, 0.25) is 0 Å². The summed E-state index contributed by atoms with van der Waals surface area (Å²) in [5.74, 6) is 1.43. The highest BCUT2D eigenvalue weighted by Crippen LogP contribution is 2.34. The molecule has 0 radical (unpaired) electrons. The maximum atomic E-state index is 12.8. The standard InChI is InChI=1S/C32H32N2O3S/c1-22(35)25-14-16-28(17-15-25)33-32-34(2)31(36)30(38-32)20-23-10-18-29(19-11-23)37-21-24-8-12-27(13-9-24)26-6-4-3-5-7-26/h8-20,26H,3-7,21H2,1-2H3. The zero-order valence-electron chi connectivity index (χ0n) is 21.9. The van der Waals surface area contributed by atoms with E-state index in [9.17, 15) is 9.59 Å². The van der Waals surface area contributed by atoms with E-state index >= 15 is 0 Å². The molecule has 1 aliphatic heterocycles. The average molecular weight is 525 g/mol. The van der Waals surface area contributed by atoms with E-state index < -0.39 is 0 Å². The van der Waals surface area contributed by atoms with Crippen molar-refractivity contribution in [1.29, 1.82) is 0 Å². The Bertz CT molecular complexity index is 1350. The summed E-state index contributed by atoms with van der Waals surface area (Å²) in [6, 6.07) is 23.7. The summed E-state index contributed by atoms with van der Waals surface area (Å²) in [5, 5.41) is 0.603. The van der Waals surface area contributed by atoms with Crippen LogP contribution in [0.15, 0.2) is 82.7 Å². The van der Waals surface area contributed by atoms with E-state index in [1.807, 2.05) is 30.3 Å². The number of hydrogen-bond acceptors (Lipinski definition) is 5. The number of amides is 1. The van der Waals surface area contributed by atoms with Crippen LogP contribution in [0.25, 0.3) is 6.08 Å². The highest BCUT2D eigenvalue weighted by molar-refractivity contribution is 8.18. The Hall–Kier alpha value is -3.64. The van der Waals surface area contributed by atoms with E-state index in [-0.39, 0.29) is 11.7 Å². The number of aliphatic imine (C=N–C) groups is 1. The molecule has 1 amide bonds. The highest BCUT2D eigenvalue weighted by atomic mass is 32.2. The van der Waals surface area contributed by atoms with Gasteiger partial charge in [-0.05, 0) is 96.6 Å². The SMILES string of the molecule is CC(=O)c1ccc(N=C2SC(=Cc3ccc(OCc4ccc(C5CCCCC5)cc4)cc3)C(=O)N2C)cc1. The summed E-state index contributed by atoms with van der Waals surface area (Å²) in [5.41, 5.74) is 4.87. The van der Waals surface area contributed by atoms with Crippen molar-refractivity contribution in [1.82, 2.24) is 4.90 Å². The van der Waals surface area contributed by atoms with Gasteiger partial charge in [-0.25, -0.2) is 4.99 Å². The lowest BCUT2D eigenvalue weighted by Gasteiger charge is -2.22. The summed E-state index contributed by atoms with van der Waals surface area (Å²) < 4.78 is 6.01. The number of nitrogens with zero attached hydrogens (tertiary/aromatic N) is 2. The number of Topliss-reactive ketones (excluding diaryl/α,β-unsaturated/α-hetero) is 1. The van der Waals surface area contributed by atoms with E-state index in [2.05, 4.69) is 29.3 Å². The number of carbonyl (C=O) groups excluding carboxylic acids is 2. The molecule has 2 aliphatic rings. The third kappa shape index (κ3) is 6.25. The molecule has 1 saturated heterocycles. The van der Waals surface area contributed by atoms with Gasteiger partial charge in [0.15, 0.2) is 11.0 Å². The number of rotatable bonds is 7. The molecular formula is C32H32N2O3S. The van der Waals surface area contributed by atoms with Crippen molar-refractivity contribution in [3.8, 4) is 5.75 Å². The highest BCUT2D eigenvalue weighted by Gasteiger charge is 2.30. The summed E-state index contributed by atoms with van der Waals surface area (Å²) in [6.07, 6.45) is 8.55.